The van der Waals surface area contributed by atoms with Gasteiger partial charge in [-0.05, 0) is 31.2 Å². The summed E-state index contributed by atoms with van der Waals surface area (Å²) in [5.41, 5.74) is 0.789. The number of carbonyl (C=O) groups excluding carboxylic acids is 1. The zero-order valence-electron chi connectivity index (χ0n) is 11.1. The van der Waals surface area contributed by atoms with E-state index in [-0.39, 0.29) is 11.8 Å². The van der Waals surface area contributed by atoms with Crippen LogP contribution in [0.15, 0.2) is 52.2 Å². The van der Waals surface area contributed by atoms with Crippen molar-refractivity contribution in [2.45, 2.75) is 13.5 Å². The molecule has 1 amide bonds. The summed E-state index contributed by atoms with van der Waals surface area (Å²) in [5.74, 6) is -0.196. The molecule has 6 nitrogen and oxygen atoms in total. The van der Waals surface area contributed by atoms with Gasteiger partial charge in [0, 0.05) is 6.20 Å². The number of nitrogens with one attached hydrogen (secondary N) is 1. The Balaban J connectivity index is 2.01. The van der Waals surface area contributed by atoms with Gasteiger partial charge in [-0.15, -0.1) is 0 Å². The molecule has 2 rings (SSSR count). The van der Waals surface area contributed by atoms with Crippen molar-refractivity contribution in [1.82, 2.24) is 10.3 Å². The lowest BCUT2D eigenvalue weighted by atomic mass is 10.3. The van der Waals surface area contributed by atoms with E-state index in [4.69, 9.17) is 9.15 Å². The third kappa shape index (κ3) is 3.94. The number of amides is 1. The predicted octanol–water partition coefficient (Wildman–Crippen LogP) is 2.00. The van der Waals surface area contributed by atoms with Crippen LogP contribution >= 0.6 is 0 Å². The third-order valence-electron chi connectivity index (χ3n) is 2.36. The second-order valence-corrected chi connectivity index (χ2v) is 3.81. The van der Waals surface area contributed by atoms with E-state index in [0.717, 1.165) is 5.69 Å². The van der Waals surface area contributed by atoms with Gasteiger partial charge in [0.15, 0.2) is 5.76 Å². The van der Waals surface area contributed by atoms with Gasteiger partial charge in [0.05, 0.1) is 25.1 Å². The topological polar surface area (TPSA) is 76.7 Å². The van der Waals surface area contributed by atoms with Crippen LogP contribution in [0.1, 0.15) is 23.2 Å². The first-order chi connectivity index (χ1) is 9.79. The molecule has 0 aromatic carbocycles. The van der Waals surface area contributed by atoms with Crippen LogP contribution in [0.2, 0.25) is 0 Å². The summed E-state index contributed by atoms with van der Waals surface area (Å²) in [4.78, 5) is 20.2. The molecule has 104 valence electrons. The molecular weight excluding hydrogens is 258 g/mol. The van der Waals surface area contributed by atoms with Crippen molar-refractivity contribution in [3.63, 3.8) is 0 Å². The number of carbonyl (C=O) groups is 1. The summed E-state index contributed by atoms with van der Waals surface area (Å²) in [6, 6.07) is 8.91. The van der Waals surface area contributed by atoms with Crippen LogP contribution < -0.4 is 5.32 Å². The number of furan rings is 1. The first-order valence-electron chi connectivity index (χ1n) is 6.21. The lowest BCUT2D eigenvalue weighted by Gasteiger charge is -2.07. The summed E-state index contributed by atoms with van der Waals surface area (Å²) < 4.78 is 10.3. The third-order valence-corrected chi connectivity index (χ3v) is 2.36. The van der Waals surface area contributed by atoms with Crippen LogP contribution in [0.5, 0.6) is 0 Å². The maximum atomic E-state index is 11.8. The van der Waals surface area contributed by atoms with Crippen molar-refractivity contribution in [2.24, 2.45) is 4.99 Å². The van der Waals surface area contributed by atoms with Gasteiger partial charge in [-0.2, -0.15) is 0 Å². The molecule has 20 heavy (non-hydrogen) atoms. The number of rotatable bonds is 4. The Kier molecular flexibility index (Phi) is 4.88. The average molecular weight is 273 g/mol. The second kappa shape index (κ2) is 7.08. The zero-order chi connectivity index (χ0) is 14.2. The van der Waals surface area contributed by atoms with Crippen LogP contribution in [0.4, 0.5) is 0 Å². The van der Waals surface area contributed by atoms with Gasteiger partial charge in [-0.1, -0.05) is 6.07 Å². The Morgan fingerprint density at radius 3 is 2.95 bits per heavy atom. The molecule has 0 fully saturated rings. The number of hydrogen-bond acceptors (Lipinski definition) is 5. The fourth-order valence-electron chi connectivity index (χ4n) is 1.47. The molecular formula is C14H15N3O3. The molecule has 0 spiro atoms. The molecule has 2 aromatic heterocycles. The minimum atomic E-state index is -0.400. The predicted molar refractivity (Wildman–Crippen MR) is 73.2 cm³/mol. The Hall–Kier alpha value is -2.63. The maximum absolute atomic E-state index is 11.8. The molecule has 0 saturated heterocycles. The molecule has 0 aliphatic carbocycles. The molecule has 0 aliphatic rings. The lowest BCUT2D eigenvalue weighted by molar-refractivity contribution is 0.0939. The quantitative estimate of drug-likeness (QED) is 0.682. The summed E-state index contributed by atoms with van der Waals surface area (Å²) in [6.07, 6.45) is 3.12. The van der Waals surface area contributed by atoms with Crippen LogP contribution in [0.25, 0.3) is 0 Å². The van der Waals surface area contributed by atoms with Crippen molar-refractivity contribution < 1.29 is 13.9 Å². The summed E-state index contributed by atoms with van der Waals surface area (Å²) in [5, 5.41) is 2.56. The number of hydrogen-bond donors (Lipinski definition) is 1. The summed E-state index contributed by atoms with van der Waals surface area (Å²) in [6.45, 7) is 2.55. The Morgan fingerprint density at radius 1 is 1.40 bits per heavy atom. The van der Waals surface area contributed by atoms with Crippen molar-refractivity contribution >= 4 is 11.9 Å². The molecule has 0 unspecified atom stereocenters. The summed E-state index contributed by atoms with van der Waals surface area (Å²) >= 11 is 0. The molecule has 6 heteroatoms. The molecule has 0 radical (unpaired) electrons. The Labute approximate surface area is 116 Å². The van der Waals surface area contributed by atoms with Crippen molar-refractivity contribution in [3.05, 3.63) is 54.2 Å². The van der Waals surface area contributed by atoms with E-state index in [0.29, 0.717) is 13.2 Å². The number of pyridine rings is 1. The van der Waals surface area contributed by atoms with E-state index < -0.39 is 5.91 Å². The fraction of sp³-hybridized carbons (Fsp3) is 0.214. The molecule has 0 aliphatic heterocycles. The normalized spacial score (nSPS) is 11.2. The van der Waals surface area contributed by atoms with Crippen LogP contribution in [-0.2, 0) is 11.3 Å². The first-order valence-corrected chi connectivity index (χ1v) is 6.21. The van der Waals surface area contributed by atoms with Crippen molar-refractivity contribution in [3.8, 4) is 0 Å². The number of amidine groups is 1. The largest absolute Gasteiger partial charge is 0.465 e. The van der Waals surface area contributed by atoms with Gasteiger partial charge in [-0.25, -0.2) is 4.99 Å². The Morgan fingerprint density at radius 2 is 2.30 bits per heavy atom. The van der Waals surface area contributed by atoms with E-state index >= 15 is 0 Å². The molecule has 0 atom stereocenters. The Bertz CT molecular complexity index is 565. The van der Waals surface area contributed by atoms with E-state index in [2.05, 4.69) is 15.3 Å². The fourth-order valence-corrected chi connectivity index (χ4v) is 1.47. The number of ether oxygens (including phenoxy) is 1. The molecule has 2 heterocycles. The minimum absolute atomic E-state index is 0.152. The number of aromatic nitrogens is 1. The molecule has 1 N–H and O–H groups in total. The highest BCUT2D eigenvalue weighted by Gasteiger charge is 2.11. The highest BCUT2D eigenvalue weighted by Crippen LogP contribution is 2.00. The van der Waals surface area contributed by atoms with E-state index in [1.165, 1.54) is 6.26 Å². The number of aliphatic imine (C=N–C) groups is 1. The molecule has 0 saturated carbocycles. The van der Waals surface area contributed by atoms with E-state index in [1.54, 1.807) is 18.3 Å². The van der Waals surface area contributed by atoms with Crippen LogP contribution in [0, 0.1) is 0 Å². The van der Waals surface area contributed by atoms with Crippen molar-refractivity contribution in [1.29, 1.82) is 0 Å². The summed E-state index contributed by atoms with van der Waals surface area (Å²) in [7, 11) is 0. The monoisotopic (exact) mass is 273 g/mol. The SMILES string of the molecule is CCOC(=NCc1ccccn1)NC(=O)c1ccco1. The first kappa shape index (κ1) is 13.8. The van der Waals surface area contributed by atoms with Crippen LogP contribution in [0.3, 0.4) is 0 Å². The number of nitrogens with zero attached hydrogens (tertiary/aromatic N) is 2. The average Bonchev–Trinajstić information content (AvgIpc) is 3.00. The van der Waals surface area contributed by atoms with E-state index in [1.807, 2.05) is 25.1 Å². The van der Waals surface area contributed by atoms with E-state index in [9.17, 15) is 4.79 Å². The van der Waals surface area contributed by atoms with Gasteiger partial charge in [0.2, 0.25) is 0 Å². The van der Waals surface area contributed by atoms with Crippen molar-refractivity contribution in [2.75, 3.05) is 6.61 Å². The standard InChI is InChI=1S/C14H15N3O3/c1-2-19-14(16-10-11-6-3-4-8-15-11)17-13(18)12-7-5-9-20-12/h3-9H,2,10H2,1H3,(H,16,17,18). The van der Waals surface area contributed by atoms with Gasteiger partial charge < -0.3 is 9.15 Å². The van der Waals surface area contributed by atoms with Gasteiger partial charge in [0.25, 0.3) is 11.9 Å². The van der Waals surface area contributed by atoms with Gasteiger partial charge in [0.1, 0.15) is 0 Å². The molecule has 2 aromatic rings. The van der Waals surface area contributed by atoms with Gasteiger partial charge in [-0.3, -0.25) is 15.1 Å². The van der Waals surface area contributed by atoms with Crippen LogP contribution in [-0.4, -0.2) is 23.5 Å². The second-order valence-electron chi connectivity index (χ2n) is 3.81. The lowest BCUT2D eigenvalue weighted by Crippen LogP contribution is -2.32. The highest BCUT2D eigenvalue weighted by atomic mass is 16.5. The smallest absolute Gasteiger partial charge is 0.294 e. The minimum Gasteiger partial charge on any atom is -0.465 e. The molecule has 0 bridgehead atoms. The highest BCUT2D eigenvalue weighted by molar-refractivity contribution is 6.02. The van der Waals surface area contributed by atoms with Gasteiger partial charge >= 0.3 is 0 Å². The maximum Gasteiger partial charge on any atom is 0.294 e. The zero-order valence-corrected chi connectivity index (χ0v) is 11.1.